The van der Waals surface area contributed by atoms with E-state index in [1.807, 2.05) is 6.07 Å². The van der Waals surface area contributed by atoms with Gasteiger partial charge in [0.1, 0.15) is 18.2 Å². The zero-order valence-corrected chi connectivity index (χ0v) is 10.6. The quantitative estimate of drug-likeness (QED) is 0.648. The first kappa shape index (κ1) is 12.0. The highest BCUT2D eigenvalue weighted by Crippen LogP contribution is 2.19. The van der Waals surface area contributed by atoms with Crippen LogP contribution in [-0.4, -0.2) is 25.6 Å². The highest BCUT2D eigenvalue weighted by atomic mass is 16.5. The second-order valence-corrected chi connectivity index (χ2v) is 4.13. The molecule has 0 aliphatic rings. The van der Waals surface area contributed by atoms with Gasteiger partial charge in [-0.05, 0) is 6.07 Å². The van der Waals surface area contributed by atoms with Crippen LogP contribution < -0.4 is 0 Å². The maximum absolute atomic E-state index is 10.9. The van der Waals surface area contributed by atoms with Crippen LogP contribution in [-0.2, 0) is 16.1 Å². The number of fused-ring (bicyclic) bond motifs is 3. The number of carbonyl (C=O) groups excluding carboxylic acids is 1. The van der Waals surface area contributed by atoms with Gasteiger partial charge in [-0.3, -0.25) is 9.78 Å². The lowest BCUT2D eigenvalue weighted by atomic mass is 10.2. The summed E-state index contributed by atoms with van der Waals surface area (Å²) in [4.78, 5) is 19.3. The number of hydrogen-bond acceptors (Lipinski definition) is 6. The van der Waals surface area contributed by atoms with Gasteiger partial charge in [0.25, 0.3) is 0 Å². The van der Waals surface area contributed by atoms with Gasteiger partial charge in [0.2, 0.25) is 0 Å². The van der Waals surface area contributed by atoms with E-state index in [4.69, 9.17) is 10.00 Å². The fourth-order valence-electron chi connectivity index (χ4n) is 1.96. The van der Waals surface area contributed by atoms with Crippen LogP contribution in [0.2, 0.25) is 0 Å². The first-order valence-corrected chi connectivity index (χ1v) is 5.84. The first-order valence-electron chi connectivity index (χ1n) is 5.84. The zero-order chi connectivity index (χ0) is 14.1. The molecule has 0 unspecified atom stereocenters. The molecule has 0 saturated heterocycles. The molecule has 98 valence electrons. The molecule has 0 fully saturated rings. The number of pyridine rings is 1. The number of rotatable bonds is 2. The minimum Gasteiger partial charge on any atom is -0.459 e. The summed E-state index contributed by atoms with van der Waals surface area (Å²) in [6.45, 7) is 1.42. The normalized spacial score (nSPS) is 10.6. The number of esters is 1. The van der Waals surface area contributed by atoms with Crippen LogP contribution in [0, 0.1) is 11.3 Å². The lowest BCUT2D eigenvalue weighted by molar-refractivity contribution is -0.142. The van der Waals surface area contributed by atoms with Gasteiger partial charge in [0.15, 0.2) is 5.65 Å². The molecular formula is C13H9N5O2. The summed E-state index contributed by atoms with van der Waals surface area (Å²) >= 11 is 0. The summed E-state index contributed by atoms with van der Waals surface area (Å²) in [6.07, 6.45) is 4.68. The Morgan fingerprint density at radius 3 is 3.05 bits per heavy atom. The van der Waals surface area contributed by atoms with Crippen molar-refractivity contribution in [3.05, 3.63) is 35.9 Å². The fraction of sp³-hybridized carbons (Fsp3) is 0.154. The van der Waals surface area contributed by atoms with Crippen LogP contribution in [0.4, 0.5) is 0 Å². The molecule has 0 N–H and O–H groups in total. The zero-order valence-electron chi connectivity index (χ0n) is 10.6. The molecule has 7 nitrogen and oxygen atoms in total. The maximum Gasteiger partial charge on any atom is 0.303 e. The van der Waals surface area contributed by atoms with Crippen LogP contribution in [0.3, 0.4) is 0 Å². The fourth-order valence-corrected chi connectivity index (χ4v) is 1.96. The summed E-state index contributed by atoms with van der Waals surface area (Å²) in [6, 6.07) is 3.81. The van der Waals surface area contributed by atoms with Gasteiger partial charge in [-0.25, -0.2) is 9.50 Å². The predicted molar refractivity (Wildman–Crippen MR) is 68.5 cm³/mol. The van der Waals surface area contributed by atoms with Crippen LogP contribution >= 0.6 is 0 Å². The SMILES string of the molecule is CC(=O)OCc1nccc2c1cnc1c(C#N)cnn12. The number of aromatic nitrogens is 4. The molecule has 0 aromatic carbocycles. The van der Waals surface area contributed by atoms with Gasteiger partial charge in [0, 0.05) is 24.7 Å². The Hall–Kier alpha value is -3.01. The van der Waals surface area contributed by atoms with Crippen molar-refractivity contribution in [2.75, 3.05) is 0 Å². The number of carbonyl (C=O) groups is 1. The second-order valence-electron chi connectivity index (χ2n) is 4.13. The minimum absolute atomic E-state index is 0.0756. The van der Waals surface area contributed by atoms with E-state index in [1.54, 1.807) is 23.0 Å². The molecule has 0 spiro atoms. The van der Waals surface area contributed by atoms with Crippen molar-refractivity contribution >= 4 is 22.5 Å². The van der Waals surface area contributed by atoms with Gasteiger partial charge in [-0.1, -0.05) is 0 Å². The van der Waals surface area contributed by atoms with Gasteiger partial charge >= 0.3 is 5.97 Å². The molecule has 0 bridgehead atoms. The van der Waals surface area contributed by atoms with E-state index in [2.05, 4.69) is 15.1 Å². The highest BCUT2D eigenvalue weighted by molar-refractivity contribution is 5.83. The van der Waals surface area contributed by atoms with E-state index in [0.717, 1.165) is 10.9 Å². The number of hydrogen-bond donors (Lipinski definition) is 0. The van der Waals surface area contributed by atoms with Crippen molar-refractivity contribution < 1.29 is 9.53 Å². The van der Waals surface area contributed by atoms with E-state index in [-0.39, 0.29) is 12.6 Å². The number of nitrogens with zero attached hydrogens (tertiary/aromatic N) is 5. The molecule has 3 aromatic heterocycles. The third-order valence-electron chi connectivity index (χ3n) is 2.87. The van der Waals surface area contributed by atoms with Gasteiger partial charge in [0.05, 0.1) is 17.4 Å². The van der Waals surface area contributed by atoms with Crippen LogP contribution in [0.5, 0.6) is 0 Å². The van der Waals surface area contributed by atoms with Crippen LogP contribution in [0.25, 0.3) is 16.6 Å². The molecule has 0 amide bonds. The van der Waals surface area contributed by atoms with Crippen molar-refractivity contribution in [2.45, 2.75) is 13.5 Å². The Morgan fingerprint density at radius 1 is 1.45 bits per heavy atom. The molecule has 7 heteroatoms. The van der Waals surface area contributed by atoms with E-state index >= 15 is 0 Å². The molecule has 20 heavy (non-hydrogen) atoms. The smallest absolute Gasteiger partial charge is 0.303 e. The number of ether oxygens (including phenoxy) is 1. The van der Waals surface area contributed by atoms with E-state index < -0.39 is 0 Å². The van der Waals surface area contributed by atoms with Gasteiger partial charge in [-0.15, -0.1) is 0 Å². The molecule has 0 aliphatic heterocycles. The minimum atomic E-state index is -0.372. The van der Waals surface area contributed by atoms with Crippen molar-refractivity contribution in [1.29, 1.82) is 5.26 Å². The summed E-state index contributed by atoms with van der Waals surface area (Å²) < 4.78 is 6.54. The van der Waals surface area contributed by atoms with E-state index in [9.17, 15) is 4.79 Å². The topological polar surface area (TPSA) is 93.2 Å². The Morgan fingerprint density at radius 2 is 2.30 bits per heavy atom. The second kappa shape index (κ2) is 4.59. The molecule has 0 atom stereocenters. The van der Waals surface area contributed by atoms with Crippen molar-refractivity contribution in [3.63, 3.8) is 0 Å². The largest absolute Gasteiger partial charge is 0.459 e. The van der Waals surface area contributed by atoms with Gasteiger partial charge in [-0.2, -0.15) is 10.4 Å². The van der Waals surface area contributed by atoms with Crippen molar-refractivity contribution in [2.24, 2.45) is 0 Å². The maximum atomic E-state index is 10.9. The third-order valence-corrected chi connectivity index (χ3v) is 2.87. The number of nitriles is 1. The molecule has 0 saturated carbocycles. The Balaban J connectivity index is 2.21. The average Bonchev–Trinajstić information content (AvgIpc) is 2.88. The first-order chi connectivity index (χ1) is 9.70. The highest BCUT2D eigenvalue weighted by Gasteiger charge is 2.11. The van der Waals surface area contributed by atoms with E-state index in [0.29, 0.717) is 16.9 Å². The Bertz CT molecular complexity index is 862. The standard InChI is InChI=1S/C13H9N5O2/c1-8(19)20-7-11-10-6-16-13-9(4-14)5-17-18(13)12(10)2-3-15-11/h2-3,5-6H,7H2,1H3. The third kappa shape index (κ3) is 1.83. The van der Waals surface area contributed by atoms with Crippen molar-refractivity contribution in [1.82, 2.24) is 19.6 Å². The average molecular weight is 267 g/mol. The van der Waals surface area contributed by atoms with E-state index in [1.165, 1.54) is 13.1 Å². The lowest BCUT2D eigenvalue weighted by Crippen LogP contribution is -2.03. The molecule has 0 radical (unpaired) electrons. The summed E-state index contributed by atoms with van der Waals surface area (Å²) in [7, 11) is 0. The van der Waals surface area contributed by atoms with Crippen LogP contribution in [0.15, 0.2) is 24.7 Å². The summed E-state index contributed by atoms with van der Waals surface area (Å²) in [5, 5.41) is 13.9. The molecular weight excluding hydrogens is 258 g/mol. The monoisotopic (exact) mass is 267 g/mol. The molecule has 0 aliphatic carbocycles. The summed E-state index contributed by atoms with van der Waals surface area (Å²) in [5.41, 5.74) is 2.25. The van der Waals surface area contributed by atoms with Crippen molar-refractivity contribution in [3.8, 4) is 6.07 Å². The molecule has 3 aromatic rings. The molecule has 3 rings (SSSR count). The Labute approximate surface area is 113 Å². The Kier molecular flexibility index (Phi) is 2.76. The van der Waals surface area contributed by atoms with Gasteiger partial charge < -0.3 is 4.74 Å². The van der Waals surface area contributed by atoms with Crippen LogP contribution in [0.1, 0.15) is 18.2 Å². The lowest BCUT2D eigenvalue weighted by Gasteiger charge is -2.06. The predicted octanol–water partition coefficient (Wildman–Crippen LogP) is 1.21. The molecule has 3 heterocycles. The summed E-state index contributed by atoms with van der Waals surface area (Å²) in [5.74, 6) is -0.372.